The third kappa shape index (κ3) is 2.77. The van der Waals surface area contributed by atoms with E-state index in [-0.39, 0.29) is 11.4 Å². The molecule has 8 heteroatoms. The second-order valence-corrected chi connectivity index (χ2v) is 5.63. The monoisotopic (exact) mass is 314 g/mol. The van der Waals surface area contributed by atoms with Gasteiger partial charge in [0.2, 0.25) is 0 Å². The minimum Gasteiger partial charge on any atom is -0.296 e. The smallest absolute Gasteiger partial charge is 0.287 e. The lowest BCUT2D eigenvalue weighted by molar-refractivity contribution is -0.385. The van der Waals surface area contributed by atoms with Crippen molar-refractivity contribution in [2.45, 2.75) is 6.92 Å². The molecule has 0 atom stereocenters. The average Bonchev–Trinajstić information content (AvgIpc) is 2.88. The van der Waals surface area contributed by atoms with Crippen molar-refractivity contribution in [1.82, 2.24) is 9.97 Å². The van der Waals surface area contributed by atoms with E-state index in [1.54, 1.807) is 0 Å². The summed E-state index contributed by atoms with van der Waals surface area (Å²) in [4.78, 5) is 30.2. The topological polar surface area (TPSA) is 98.0 Å². The molecule has 1 aromatic carbocycles. The van der Waals surface area contributed by atoms with Gasteiger partial charge in [0.15, 0.2) is 5.13 Å². The molecule has 3 aromatic rings. The number of fused-ring (bicyclic) bond motifs is 1. The first kappa shape index (κ1) is 14.1. The van der Waals surface area contributed by atoms with Gasteiger partial charge >= 0.3 is 0 Å². The number of rotatable bonds is 3. The van der Waals surface area contributed by atoms with Gasteiger partial charge in [0, 0.05) is 6.07 Å². The molecule has 0 bridgehead atoms. The number of nitrogens with zero attached hydrogens (tertiary/aromatic N) is 3. The summed E-state index contributed by atoms with van der Waals surface area (Å²) in [5.74, 6) is -0.453. The van der Waals surface area contributed by atoms with Gasteiger partial charge < -0.3 is 0 Å². The van der Waals surface area contributed by atoms with Crippen LogP contribution in [-0.2, 0) is 0 Å². The molecule has 1 N–H and O–H groups in total. The maximum Gasteiger partial charge on any atom is 0.287 e. The number of hydrogen-bond donors (Lipinski definition) is 1. The van der Waals surface area contributed by atoms with E-state index in [2.05, 4.69) is 15.3 Å². The van der Waals surface area contributed by atoms with Crippen LogP contribution in [0.5, 0.6) is 0 Å². The number of amides is 1. The molecule has 0 fully saturated rings. The molecule has 2 aromatic heterocycles. The van der Waals surface area contributed by atoms with Crippen molar-refractivity contribution in [3.63, 3.8) is 0 Å². The third-order valence-corrected chi connectivity index (χ3v) is 3.89. The fourth-order valence-electron chi connectivity index (χ4n) is 1.87. The van der Waals surface area contributed by atoms with Gasteiger partial charge in [0.1, 0.15) is 11.9 Å². The lowest BCUT2D eigenvalue weighted by Crippen LogP contribution is -2.13. The Morgan fingerprint density at radius 2 is 2.14 bits per heavy atom. The van der Waals surface area contributed by atoms with Gasteiger partial charge in [-0.15, -0.1) is 0 Å². The first-order valence-electron chi connectivity index (χ1n) is 6.32. The number of pyridine rings is 1. The van der Waals surface area contributed by atoms with Crippen LogP contribution in [0.2, 0.25) is 0 Å². The molecule has 7 nitrogen and oxygen atoms in total. The Hall–Kier alpha value is -2.87. The Bertz CT molecular complexity index is 873. The minimum absolute atomic E-state index is 0.0982. The van der Waals surface area contributed by atoms with E-state index in [1.807, 2.05) is 25.1 Å². The molecule has 0 spiro atoms. The Kier molecular flexibility index (Phi) is 3.51. The molecule has 0 unspecified atom stereocenters. The number of thiazole rings is 1. The Balaban J connectivity index is 1.81. The van der Waals surface area contributed by atoms with Crippen molar-refractivity contribution in [1.29, 1.82) is 0 Å². The van der Waals surface area contributed by atoms with E-state index in [1.165, 1.54) is 23.5 Å². The molecule has 22 heavy (non-hydrogen) atoms. The number of carbonyl (C=O) groups is 1. The summed E-state index contributed by atoms with van der Waals surface area (Å²) in [6, 6.07) is 8.38. The third-order valence-electron chi connectivity index (χ3n) is 2.96. The summed E-state index contributed by atoms with van der Waals surface area (Å²) in [5, 5.41) is 13.7. The molecule has 3 rings (SSSR count). The molecule has 0 aliphatic rings. The zero-order valence-electron chi connectivity index (χ0n) is 11.4. The first-order chi connectivity index (χ1) is 10.5. The van der Waals surface area contributed by atoms with Gasteiger partial charge in [-0.25, -0.2) is 9.97 Å². The second kappa shape index (κ2) is 5.49. The van der Waals surface area contributed by atoms with Gasteiger partial charge in [-0.05, 0) is 30.7 Å². The molecule has 0 saturated carbocycles. The van der Waals surface area contributed by atoms with E-state index >= 15 is 0 Å². The van der Waals surface area contributed by atoms with Gasteiger partial charge in [-0.2, -0.15) is 0 Å². The summed E-state index contributed by atoms with van der Waals surface area (Å²) in [6.07, 6.45) is 1.05. The highest BCUT2D eigenvalue weighted by Crippen LogP contribution is 2.26. The lowest BCUT2D eigenvalue weighted by atomic mass is 10.2. The van der Waals surface area contributed by atoms with Crippen LogP contribution in [0, 0.1) is 17.0 Å². The number of hydrogen-bond acceptors (Lipinski definition) is 6. The van der Waals surface area contributed by atoms with Gasteiger partial charge in [0.25, 0.3) is 11.6 Å². The number of nitrogens with one attached hydrogen (secondary N) is 1. The van der Waals surface area contributed by atoms with E-state index in [4.69, 9.17) is 0 Å². The quantitative estimate of drug-likeness (QED) is 0.591. The van der Waals surface area contributed by atoms with Crippen LogP contribution in [0.1, 0.15) is 16.1 Å². The highest BCUT2D eigenvalue weighted by atomic mass is 32.1. The molecule has 0 aliphatic carbocycles. The highest BCUT2D eigenvalue weighted by Gasteiger charge is 2.13. The van der Waals surface area contributed by atoms with Crippen molar-refractivity contribution in [2.75, 3.05) is 5.32 Å². The molecule has 2 heterocycles. The van der Waals surface area contributed by atoms with Crippen molar-refractivity contribution in [3.05, 3.63) is 57.9 Å². The highest BCUT2D eigenvalue weighted by molar-refractivity contribution is 7.22. The van der Waals surface area contributed by atoms with Crippen LogP contribution in [0.15, 0.2) is 36.5 Å². The molecule has 110 valence electrons. The number of nitro groups is 1. The van der Waals surface area contributed by atoms with Gasteiger partial charge in [-0.1, -0.05) is 17.4 Å². The molecule has 0 radical (unpaired) electrons. The summed E-state index contributed by atoms with van der Waals surface area (Å²) < 4.78 is 0.979. The van der Waals surface area contributed by atoms with E-state index < -0.39 is 10.8 Å². The number of carbonyl (C=O) groups excluding carboxylic acids is 1. The number of aryl methyl sites for hydroxylation is 1. The van der Waals surface area contributed by atoms with Crippen LogP contribution >= 0.6 is 11.3 Å². The second-order valence-electron chi connectivity index (χ2n) is 4.60. The predicted molar refractivity (Wildman–Crippen MR) is 83.2 cm³/mol. The Labute approximate surface area is 128 Å². The first-order valence-corrected chi connectivity index (χ1v) is 7.13. The zero-order chi connectivity index (χ0) is 15.7. The van der Waals surface area contributed by atoms with Crippen molar-refractivity contribution >= 4 is 38.3 Å². The minimum atomic E-state index is -0.565. The van der Waals surface area contributed by atoms with Crippen molar-refractivity contribution in [2.24, 2.45) is 0 Å². The van der Waals surface area contributed by atoms with Gasteiger partial charge in [0.05, 0.1) is 15.1 Å². The number of anilines is 1. The van der Waals surface area contributed by atoms with E-state index in [9.17, 15) is 14.9 Å². The van der Waals surface area contributed by atoms with Gasteiger partial charge in [-0.3, -0.25) is 20.2 Å². The number of aromatic nitrogens is 2. The lowest BCUT2D eigenvalue weighted by Gasteiger charge is -1.99. The van der Waals surface area contributed by atoms with Crippen LogP contribution in [0.3, 0.4) is 0 Å². The normalized spacial score (nSPS) is 10.6. The van der Waals surface area contributed by atoms with E-state index in [0.29, 0.717) is 5.13 Å². The Morgan fingerprint density at radius 3 is 2.82 bits per heavy atom. The van der Waals surface area contributed by atoms with Crippen molar-refractivity contribution < 1.29 is 9.72 Å². The number of benzene rings is 1. The average molecular weight is 314 g/mol. The summed E-state index contributed by atoms with van der Waals surface area (Å²) >= 11 is 1.36. The molecular formula is C14H10N4O3S. The fraction of sp³-hybridized carbons (Fsp3) is 0.0714. The molecule has 1 amide bonds. The molecule has 0 aliphatic heterocycles. The standard InChI is InChI=1S/C14H10N4O3S/c1-8-2-4-10-12(6-8)22-14(16-10)17-13(19)11-5-3-9(7-15-11)18(20)21/h2-7H,1H3,(H,16,17,19). The fourth-order valence-corrected chi connectivity index (χ4v) is 2.83. The zero-order valence-corrected chi connectivity index (χ0v) is 12.3. The van der Waals surface area contributed by atoms with Crippen LogP contribution in [-0.4, -0.2) is 20.8 Å². The SMILES string of the molecule is Cc1ccc2nc(NC(=O)c3ccc([N+](=O)[O-])cn3)sc2c1. The van der Waals surface area contributed by atoms with Crippen molar-refractivity contribution in [3.8, 4) is 0 Å². The summed E-state index contributed by atoms with van der Waals surface area (Å²) in [7, 11) is 0. The van der Waals surface area contributed by atoms with E-state index in [0.717, 1.165) is 22.0 Å². The molecular weight excluding hydrogens is 304 g/mol. The van der Waals surface area contributed by atoms with Crippen LogP contribution in [0.4, 0.5) is 10.8 Å². The summed E-state index contributed by atoms with van der Waals surface area (Å²) in [6.45, 7) is 1.98. The Morgan fingerprint density at radius 1 is 1.32 bits per heavy atom. The van der Waals surface area contributed by atoms with Crippen LogP contribution in [0.25, 0.3) is 10.2 Å². The maximum absolute atomic E-state index is 12.1. The summed E-state index contributed by atoms with van der Waals surface area (Å²) in [5.41, 5.74) is 1.86. The van der Waals surface area contributed by atoms with Crippen LogP contribution < -0.4 is 5.32 Å². The maximum atomic E-state index is 12.1. The largest absolute Gasteiger partial charge is 0.296 e. The molecule has 0 saturated heterocycles. The predicted octanol–water partition coefficient (Wildman–Crippen LogP) is 3.16.